The average molecular weight is 278 g/mol. The molecule has 0 radical (unpaired) electrons. The van der Waals surface area contributed by atoms with Crippen molar-refractivity contribution in [3.05, 3.63) is 28.8 Å². The van der Waals surface area contributed by atoms with Crippen LogP contribution < -0.4 is 10.2 Å². The van der Waals surface area contributed by atoms with E-state index in [1.54, 1.807) is 19.1 Å². The number of halogens is 1. The SMILES string of the molecule is CC(=O)NC1CCN(c2ccc(Cl)cc2C#N)CC1. The van der Waals surface area contributed by atoms with Crippen molar-refractivity contribution in [2.45, 2.75) is 25.8 Å². The number of nitriles is 1. The summed E-state index contributed by atoms with van der Waals surface area (Å²) in [6.07, 6.45) is 1.79. The van der Waals surface area contributed by atoms with Crippen molar-refractivity contribution in [3.8, 4) is 6.07 Å². The number of benzene rings is 1. The molecule has 0 aliphatic carbocycles. The van der Waals surface area contributed by atoms with Crippen LogP contribution >= 0.6 is 11.6 Å². The van der Waals surface area contributed by atoms with E-state index in [0.717, 1.165) is 31.6 Å². The molecule has 0 atom stereocenters. The Bertz CT molecular complexity index is 516. The van der Waals surface area contributed by atoms with Gasteiger partial charge in [-0.3, -0.25) is 4.79 Å². The first-order valence-electron chi connectivity index (χ1n) is 6.32. The van der Waals surface area contributed by atoms with E-state index in [0.29, 0.717) is 10.6 Å². The first-order chi connectivity index (χ1) is 9.10. The second-order valence-electron chi connectivity index (χ2n) is 4.74. The van der Waals surface area contributed by atoms with Gasteiger partial charge >= 0.3 is 0 Å². The van der Waals surface area contributed by atoms with Crippen molar-refractivity contribution in [3.63, 3.8) is 0 Å². The van der Waals surface area contributed by atoms with Crippen molar-refractivity contribution >= 4 is 23.2 Å². The van der Waals surface area contributed by atoms with Gasteiger partial charge in [0.1, 0.15) is 6.07 Å². The lowest BCUT2D eigenvalue weighted by Gasteiger charge is -2.34. The normalized spacial score (nSPS) is 15.9. The Morgan fingerprint density at radius 2 is 2.16 bits per heavy atom. The fourth-order valence-corrected chi connectivity index (χ4v) is 2.60. The number of hydrogen-bond donors (Lipinski definition) is 1. The van der Waals surface area contributed by atoms with Gasteiger partial charge in [0.05, 0.1) is 11.3 Å². The van der Waals surface area contributed by atoms with Crippen molar-refractivity contribution in [1.82, 2.24) is 5.32 Å². The molecule has 0 aromatic heterocycles. The molecule has 0 saturated carbocycles. The van der Waals surface area contributed by atoms with E-state index in [4.69, 9.17) is 16.9 Å². The molecule has 5 heteroatoms. The number of anilines is 1. The topological polar surface area (TPSA) is 56.1 Å². The zero-order chi connectivity index (χ0) is 13.8. The zero-order valence-electron chi connectivity index (χ0n) is 10.8. The third-order valence-corrected chi connectivity index (χ3v) is 3.56. The number of nitrogens with zero attached hydrogens (tertiary/aromatic N) is 2. The number of piperidine rings is 1. The lowest BCUT2D eigenvalue weighted by molar-refractivity contribution is -0.119. The molecule has 2 rings (SSSR count). The van der Waals surface area contributed by atoms with Gasteiger partial charge in [0.25, 0.3) is 0 Å². The van der Waals surface area contributed by atoms with Crippen LogP contribution in [0.25, 0.3) is 0 Å². The van der Waals surface area contributed by atoms with Crippen LogP contribution in [0.1, 0.15) is 25.3 Å². The molecule has 4 nitrogen and oxygen atoms in total. The van der Waals surface area contributed by atoms with Gasteiger partial charge in [-0.2, -0.15) is 5.26 Å². The molecule has 1 saturated heterocycles. The first-order valence-corrected chi connectivity index (χ1v) is 6.69. The largest absolute Gasteiger partial charge is 0.370 e. The Balaban J connectivity index is 2.06. The standard InChI is InChI=1S/C14H16ClN3O/c1-10(19)17-13-4-6-18(7-5-13)14-3-2-12(15)8-11(14)9-16/h2-3,8,13H,4-7H2,1H3,(H,17,19). The summed E-state index contributed by atoms with van der Waals surface area (Å²) < 4.78 is 0. The Morgan fingerprint density at radius 1 is 1.47 bits per heavy atom. The summed E-state index contributed by atoms with van der Waals surface area (Å²) in [5, 5.41) is 12.7. The van der Waals surface area contributed by atoms with E-state index in [1.165, 1.54) is 0 Å². The maximum Gasteiger partial charge on any atom is 0.217 e. The Morgan fingerprint density at radius 3 is 2.74 bits per heavy atom. The van der Waals surface area contributed by atoms with Crippen molar-refractivity contribution in [2.75, 3.05) is 18.0 Å². The quantitative estimate of drug-likeness (QED) is 0.903. The van der Waals surface area contributed by atoms with Crippen LogP contribution in [0.4, 0.5) is 5.69 Å². The molecule has 19 heavy (non-hydrogen) atoms. The van der Waals surface area contributed by atoms with Crippen LogP contribution in [-0.4, -0.2) is 25.0 Å². The molecule has 1 aliphatic heterocycles. The average Bonchev–Trinajstić information content (AvgIpc) is 2.39. The highest BCUT2D eigenvalue weighted by molar-refractivity contribution is 6.30. The van der Waals surface area contributed by atoms with E-state index < -0.39 is 0 Å². The minimum atomic E-state index is 0.0163. The second-order valence-corrected chi connectivity index (χ2v) is 5.17. The van der Waals surface area contributed by atoms with E-state index in [1.807, 2.05) is 6.07 Å². The highest BCUT2D eigenvalue weighted by Crippen LogP contribution is 2.26. The first kappa shape index (κ1) is 13.7. The third-order valence-electron chi connectivity index (χ3n) is 3.32. The van der Waals surface area contributed by atoms with Crippen molar-refractivity contribution in [2.24, 2.45) is 0 Å². The maximum absolute atomic E-state index is 11.0. The van der Waals surface area contributed by atoms with Crippen LogP contribution in [0, 0.1) is 11.3 Å². The monoisotopic (exact) mass is 277 g/mol. The fourth-order valence-electron chi connectivity index (χ4n) is 2.43. The van der Waals surface area contributed by atoms with Gasteiger partial charge in [0.2, 0.25) is 5.91 Å². The molecule has 0 bridgehead atoms. The van der Waals surface area contributed by atoms with Crippen LogP contribution in [0.5, 0.6) is 0 Å². The number of carbonyl (C=O) groups excluding carboxylic acids is 1. The minimum absolute atomic E-state index is 0.0163. The molecular weight excluding hydrogens is 262 g/mol. The summed E-state index contributed by atoms with van der Waals surface area (Å²) >= 11 is 5.90. The molecule has 1 aliphatic rings. The highest BCUT2D eigenvalue weighted by Gasteiger charge is 2.21. The predicted molar refractivity (Wildman–Crippen MR) is 75.2 cm³/mol. The highest BCUT2D eigenvalue weighted by atomic mass is 35.5. The summed E-state index contributed by atoms with van der Waals surface area (Å²) in [6.45, 7) is 3.21. The summed E-state index contributed by atoms with van der Waals surface area (Å²) in [5.74, 6) is 0.0163. The van der Waals surface area contributed by atoms with Crippen LogP contribution in [0.2, 0.25) is 5.02 Å². The summed E-state index contributed by atoms with van der Waals surface area (Å²) in [6, 6.07) is 7.81. The van der Waals surface area contributed by atoms with E-state index in [2.05, 4.69) is 16.3 Å². The zero-order valence-corrected chi connectivity index (χ0v) is 11.6. The summed E-state index contributed by atoms with van der Waals surface area (Å²) in [5.41, 5.74) is 1.53. The fraction of sp³-hybridized carbons (Fsp3) is 0.429. The van der Waals surface area contributed by atoms with Crippen molar-refractivity contribution < 1.29 is 4.79 Å². The summed E-state index contributed by atoms with van der Waals surface area (Å²) in [7, 11) is 0. The van der Waals surface area contributed by atoms with Gasteiger partial charge < -0.3 is 10.2 Å². The van der Waals surface area contributed by atoms with Gasteiger partial charge in [0, 0.05) is 31.1 Å². The number of nitrogens with one attached hydrogen (secondary N) is 1. The molecular formula is C14H16ClN3O. The third kappa shape index (κ3) is 3.39. The lowest BCUT2D eigenvalue weighted by atomic mass is 10.0. The van der Waals surface area contributed by atoms with Crippen LogP contribution in [0.3, 0.4) is 0 Å². The number of amides is 1. The molecule has 1 aromatic carbocycles. The summed E-state index contributed by atoms with van der Waals surface area (Å²) in [4.78, 5) is 13.2. The van der Waals surface area contributed by atoms with Gasteiger partial charge in [-0.25, -0.2) is 0 Å². The van der Waals surface area contributed by atoms with Gasteiger partial charge in [-0.1, -0.05) is 11.6 Å². The Labute approximate surface area is 118 Å². The molecule has 1 fully saturated rings. The number of hydrogen-bond acceptors (Lipinski definition) is 3. The van der Waals surface area contributed by atoms with Crippen LogP contribution in [-0.2, 0) is 4.79 Å². The van der Waals surface area contributed by atoms with E-state index >= 15 is 0 Å². The molecule has 1 amide bonds. The predicted octanol–water partition coefficient (Wildman–Crippen LogP) is 2.32. The Hall–Kier alpha value is -1.73. The molecule has 0 spiro atoms. The van der Waals surface area contributed by atoms with Crippen LogP contribution in [0.15, 0.2) is 18.2 Å². The minimum Gasteiger partial charge on any atom is -0.370 e. The van der Waals surface area contributed by atoms with Gasteiger partial charge in [0.15, 0.2) is 0 Å². The van der Waals surface area contributed by atoms with E-state index in [9.17, 15) is 4.79 Å². The molecule has 1 aromatic rings. The number of rotatable bonds is 2. The van der Waals surface area contributed by atoms with E-state index in [-0.39, 0.29) is 11.9 Å². The number of carbonyl (C=O) groups is 1. The van der Waals surface area contributed by atoms with Gasteiger partial charge in [-0.05, 0) is 31.0 Å². The lowest BCUT2D eigenvalue weighted by Crippen LogP contribution is -2.44. The molecule has 100 valence electrons. The van der Waals surface area contributed by atoms with Gasteiger partial charge in [-0.15, -0.1) is 0 Å². The smallest absolute Gasteiger partial charge is 0.217 e. The maximum atomic E-state index is 11.0. The molecule has 1 N–H and O–H groups in total. The second kappa shape index (κ2) is 5.94. The molecule has 1 heterocycles. The Kier molecular flexibility index (Phi) is 4.28. The molecule has 0 unspecified atom stereocenters. The van der Waals surface area contributed by atoms with Crippen molar-refractivity contribution in [1.29, 1.82) is 5.26 Å².